The summed E-state index contributed by atoms with van der Waals surface area (Å²) in [5.41, 5.74) is 2.28. The second-order valence-corrected chi connectivity index (χ2v) is 3.69. The van der Waals surface area contributed by atoms with Crippen LogP contribution in [0.15, 0.2) is 12.1 Å². The number of carbonyl (C=O) groups excluding carboxylic acids is 1. The van der Waals surface area contributed by atoms with Crippen molar-refractivity contribution in [2.24, 2.45) is 0 Å². The fraction of sp³-hybridized carbons (Fsp3) is 0.333. The molecule has 1 aliphatic heterocycles. The van der Waals surface area contributed by atoms with Gasteiger partial charge in [-0.3, -0.25) is 4.79 Å². The van der Waals surface area contributed by atoms with Gasteiger partial charge >= 0.3 is 0 Å². The summed E-state index contributed by atoms with van der Waals surface area (Å²) in [5, 5.41) is 2.83. The molecule has 82 valence electrons. The fourth-order valence-corrected chi connectivity index (χ4v) is 1.84. The highest BCUT2D eigenvalue weighted by Crippen LogP contribution is 2.35. The maximum absolute atomic E-state index is 11.4. The summed E-state index contributed by atoms with van der Waals surface area (Å²) in [6, 6.07) is 3.53. The summed E-state index contributed by atoms with van der Waals surface area (Å²) < 4.78 is 5.11. The Labute approximate surface area is 94.0 Å². The van der Waals surface area contributed by atoms with Gasteiger partial charge in [-0.25, -0.2) is 4.85 Å². The van der Waals surface area contributed by atoms with Crippen LogP contribution in [-0.2, 0) is 11.2 Å². The number of rotatable bonds is 1. The van der Waals surface area contributed by atoms with Crippen molar-refractivity contribution in [3.05, 3.63) is 29.1 Å². The maximum atomic E-state index is 11.4. The molecule has 0 radical (unpaired) electrons. The van der Waals surface area contributed by atoms with Crippen LogP contribution in [0.4, 0.5) is 11.4 Å². The number of ether oxygens (including phenoxy) is 1. The lowest BCUT2D eigenvalue weighted by Gasteiger charge is -2.10. The van der Waals surface area contributed by atoms with E-state index in [-0.39, 0.29) is 5.91 Å². The molecule has 0 aromatic heterocycles. The van der Waals surface area contributed by atoms with Crippen LogP contribution in [0, 0.1) is 6.57 Å². The number of hydrogen-bond acceptors (Lipinski definition) is 2. The minimum absolute atomic E-state index is 0.0244. The molecule has 0 saturated carbocycles. The summed E-state index contributed by atoms with van der Waals surface area (Å²) in [6.45, 7) is 7.06. The number of amides is 1. The van der Waals surface area contributed by atoms with Crippen molar-refractivity contribution in [1.82, 2.24) is 0 Å². The van der Waals surface area contributed by atoms with Gasteiger partial charge in [0.15, 0.2) is 0 Å². The molecular formula is C12H12N2O2. The van der Waals surface area contributed by atoms with Gasteiger partial charge in [0.2, 0.25) is 11.6 Å². The molecule has 2 rings (SSSR count). The predicted molar refractivity (Wildman–Crippen MR) is 60.8 cm³/mol. The molecule has 0 aliphatic carbocycles. The standard InChI is InChI=1S/C12H12N2O2/c1-13-10-6-8-4-3-5-12(15)14-9(8)7-11(10)16-2/h6-7H,3-5H2,2H3,(H,14,15). The van der Waals surface area contributed by atoms with E-state index in [1.165, 1.54) is 7.11 Å². The van der Waals surface area contributed by atoms with Gasteiger partial charge in [0, 0.05) is 12.1 Å². The minimum atomic E-state index is 0.0244. The second-order valence-electron chi connectivity index (χ2n) is 3.69. The highest BCUT2D eigenvalue weighted by Gasteiger charge is 2.15. The van der Waals surface area contributed by atoms with Gasteiger partial charge in [0.25, 0.3) is 0 Å². The summed E-state index contributed by atoms with van der Waals surface area (Å²) in [7, 11) is 1.52. The molecule has 0 saturated heterocycles. The lowest BCUT2D eigenvalue weighted by atomic mass is 10.1. The van der Waals surface area contributed by atoms with Gasteiger partial charge < -0.3 is 10.1 Å². The Hall–Kier alpha value is -2.02. The number of methoxy groups -OCH3 is 1. The molecule has 1 aromatic rings. The SMILES string of the molecule is [C-]#[N+]c1cc2c(cc1OC)NC(=O)CCC2. The van der Waals surface area contributed by atoms with Crippen LogP contribution in [0.3, 0.4) is 0 Å². The number of hydrogen-bond donors (Lipinski definition) is 1. The molecule has 0 spiro atoms. The van der Waals surface area contributed by atoms with Gasteiger partial charge in [-0.2, -0.15) is 0 Å². The van der Waals surface area contributed by atoms with Crippen molar-refractivity contribution >= 4 is 17.3 Å². The van der Waals surface area contributed by atoms with Crippen LogP contribution >= 0.6 is 0 Å². The molecule has 0 fully saturated rings. The van der Waals surface area contributed by atoms with Crippen LogP contribution in [0.25, 0.3) is 4.85 Å². The molecule has 1 heterocycles. The van der Waals surface area contributed by atoms with E-state index in [2.05, 4.69) is 10.2 Å². The first-order valence-corrected chi connectivity index (χ1v) is 5.13. The van der Waals surface area contributed by atoms with E-state index < -0.39 is 0 Å². The van der Waals surface area contributed by atoms with Gasteiger partial charge in [0.05, 0.1) is 13.7 Å². The Morgan fingerprint density at radius 3 is 2.94 bits per heavy atom. The Kier molecular flexibility index (Phi) is 2.78. The van der Waals surface area contributed by atoms with Crippen LogP contribution in [0.2, 0.25) is 0 Å². The zero-order valence-corrected chi connectivity index (χ0v) is 9.04. The average molecular weight is 216 g/mol. The minimum Gasteiger partial charge on any atom is -0.508 e. The molecule has 4 nitrogen and oxygen atoms in total. The first kappa shape index (κ1) is 10.5. The third-order valence-corrected chi connectivity index (χ3v) is 2.65. The van der Waals surface area contributed by atoms with E-state index in [0.29, 0.717) is 17.9 Å². The third kappa shape index (κ3) is 1.84. The lowest BCUT2D eigenvalue weighted by Crippen LogP contribution is -2.09. The number of nitrogens with one attached hydrogen (secondary N) is 1. The normalized spacial score (nSPS) is 14.4. The zero-order chi connectivity index (χ0) is 11.5. The topological polar surface area (TPSA) is 42.7 Å². The molecule has 1 aliphatic rings. The molecular weight excluding hydrogens is 204 g/mol. The Morgan fingerprint density at radius 1 is 1.44 bits per heavy atom. The molecule has 0 unspecified atom stereocenters. The van der Waals surface area contributed by atoms with E-state index >= 15 is 0 Å². The van der Waals surface area contributed by atoms with E-state index in [1.54, 1.807) is 12.1 Å². The van der Waals surface area contributed by atoms with Crippen molar-refractivity contribution in [1.29, 1.82) is 0 Å². The Balaban J connectivity index is 2.50. The van der Waals surface area contributed by atoms with Crippen molar-refractivity contribution in [2.75, 3.05) is 12.4 Å². The van der Waals surface area contributed by atoms with Crippen molar-refractivity contribution in [2.45, 2.75) is 19.3 Å². The maximum Gasteiger partial charge on any atom is 0.228 e. The van der Waals surface area contributed by atoms with E-state index in [1.807, 2.05) is 0 Å². The molecule has 1 aromatic carbocycles. The van der Waals surface area contributed by atoms with Gasteiger partial charge in [-0.15, -0.1) is 0 Å². The van der Waals surface area contributed by atoms with Crippen molar-refractivity contribution in [3.8, 4) is 5.75 Å². The summed E-state index contributed by atoms with van der Waals surface area (Å²) in [4.78, 5) is 14.8. The highest BCUT2D eigenvalue weighted by atomic mass is 16.5. The van der Waals surface area contributed by atoms with Crippen molar-refractivity contribution in [3.63, 3.8) is 0 Å². The lowest BCUT2D eigenvalue weighted by molar-refractivity contribution is -0.116. The molecule has 1 N–H and O–H groups in total. The fourth-order valence-electron chi connectivity index (χ4n) is 1.84. The first-order valence-electron chi connectivity index (χ1n) is 5.13. The van der Waals surface area contributed by atoms with E-state index in [4.69, 9.17) is 11.3 Å². The second kappa shape index (κ2) is 4.23. The smallest absolute Gasteiger partial charge is 0.228 e. The van der Waals surface area contributed by atoms with Gasteiger partial charge in [0.1, 0.15) is 5.75 Å². The third-order valence-electron chi connectivity index (χ3n) is 2.65. The van der Waals surface area contributed by atoms with Crippen LogP contribution in [0.5, 0.6) is 5.75 Å². The van der Waals surface area contributed by atoms with Crippen molar-refractivity contribution < 1.29 is 9.53 Å². The Bertz CT molecular complexity index is 475. The quantitative estimate of drug-likeness (QED) is 0.733. The monoisotopic (exact) mass is 216 g/mol. The highest BCUT2D eigenvalue weighted by molar-refractivity contribution is 5.93. The predicted octanol–water partition coefficient (Wildman–Crippen LogP) is 2.52. The van der Waals surface area contributed by atoms with Crippen LogP contribution in [-0.4, -0.2) is 13.0 Å². The number of nitrogens with zero attached hydrogens (tertiary/aromatic N) is 1. The first-order chi connectivity index (χ1) is 7.74. The molecule has 4 heteroatoms. The summed E-state index contributed by atoms with van der Waals surface area (Å²) in [5.74, 6) is 0.535. The van der Waals surface area contributed by atoms with Gasteiger partial charge in [-0.1, -0.05) is 0 Å². The number of anilines is 1. The molecule has 16 heavy (non-hydrogen) atoms. The van der Waals surface area contributed by atoms with E-state index in [0.717, 1.165) is 24.1 Å². The van der Waals surface area contributed by atoms with Crippen LogP contribution in [0.1, 0.15) is 18.4 Å². The van der Waals surface area contributed by atoms with Crippen LogP contribution < -0.4 is 10.1 Å². The summed E-state index contributed by atoms with van der Waals surface area (Å²) >= 11 is 0. The number of aryl methyl sites for hydroxylation is 1. The molecule has 0 bridgehead atoms. The number of carbonyl (C=O) groups is 1. The zero-order valence-electron chi connectivity index (χ0n) is 9.04. The molecule has 1 amide bonds. The number of fused-ring (bicyclic) bond motifs is 1. The largest absolute Gasteiger partial charge is 0.508 e. The summed E-state index contributed by atoms with van der Waals surface area (Å²) in [6.07, 6.45) is 2.17. The Morgan fingerprint density at radius 2 is 2.25 bits per heavy atom. The number of benzene rings is 1. The molecule has 0 atom stereocenters. The average Bonchev–Trinajstić information content (AvgIpc) is 2.47. The van der Waals surface area contributed by atoms with Gasteiger partial charge in [-0.05, 0) is 30.5 Å². The van der Waals surface area contributed by atoms with E-state index in [9.17, 15) is 4.79 Å².